The lowest BCUT2D eigenvalue weighted by Gasteiger charge is -2.20. The van der Waals surface area contributed by atoms with Crippen molar-refractivity contribution < 1.29 is 4.79 Å². The van der Waals surface area contributed by atoms with Gasteiger partial charge in [-0.15, -0.1) is 0 Å². The lowest BCUT2D eigenvalue weighted by atomic mass is 9.95. The van der Waals surface area contributed by atoms with Crippen LogP contribution < -0.4 is 10.6 Å². The highest BCUT2D eigenvalue weighted by Crippen LogP contribution is 2.47. The summed E-state index contributed by atoms with van der Waals surface area (Å²) in [6, 6.07) is 9.16. The van der Waals surface area contributed by atoms with Crippen LogP contribution in [0.4, 0.5) is 4.79 Å². The number of carbonyl (C=O) groups is 1. The lowest BCUT2D eigenvalue weighted by molar-refractivity contribution is 0.234. The van der Waals surface area contributed by atoms with Crippen molar-refractivity contribution in [3.8, 4) is 0 Å². The monoisotopic (exact) mass is 300 g/mol. The third-order valence-corrected chi connectivity index (χ3v) is 5.30. The van der Waals surface area contributed by atoms with Crippen LogP contribution in [-0.2, 0) is 5.41 Å². The van der Waals surface area contributed by atoms with E-state index in [0.29, 0.717) is 6.04 Å². The SMILES string of the molecule is Cc1ccc(C2(CNC(=O)NC3CCCCCC3)CC2)cc1. The highest BCUT2D eigenvalue weighted by molar-refractivity contribution is 5.74. The summed E-state index contributed by atoms with van der Waals surface area (Å²) in [5.74, 6) is 0. The maximum atomic E-state index is 12.2. The van der Waals surface area contributed by atoms with Crippen molar-refractivity contribution in [1.82, 2.24) is 10.6 Å². The Hall–Kier alpha value is -1.51. The fourth-order valence-electron chi connectivity index (χ4n) is 3.54. The minimum atomic E-state index is 0.0188. The van der Waals surface area contributed by atoms with Gasteiger partial charge in [-0.05, 0) is 38.2 Å². The Balaban J connectivity index is 1.49. The number of hydrogen-bond donors (Lipinski definition) is 2. The third kappa shape index (κ3) is 3.82. The van der Waals surface area contributed by atoms with Crippen LogP contribution in [0.5, 0.6) is 0 Å². The highest BCUT2D eigenvalue weighted by atomic mass is 16.2. The van der Waals surface area contributed by atoms with Crippen molar-refractivity contribution in [2.45, 2.75) is 69.7 Å². The number of carbonyl (C=O) groups excluding carboxylic acids is 1. The van der Waals surface area contributed by atoms with E-state index in [-0.39, 0.29) is 11.4 Å². The third-order valence-electron chi connectivity index (χ3n) is 5.30. The molecule has 0 bridgehead atoms. The largest absolute Gasteiger partial charge is 0.337 e. The zero-order valence-corrected chi connectivity index (χ0v) is 13.7. The van der Waals surface area contributed by atoms with E-state index in [4.69, 9.17) is 0 Å². The molecule has 2 amide bonds. The van der Waals surface area contributed by atoms with Crippen molar-refractivity contribution in [1.29, 1.82) is 0 Å². The first-order valence-electron chi connectivity index (χ1n) is 8.79. The molecule has 2 fully saturated rings. The topological polar surface area (TPSA) is 41.1 Å². The molecule has 120 valence electrons. The van der Waals surface area contributed by atoms with Gasteiger partial charge in [-0.2, -0.15) is 0 Å². The van der Waals surface area contributed by atoms with Gasteiger partial charge in [0.15, 0.2) is 0 Å². The van der Waals surface area contributed by atoms with Gasteiger partial charge in [0.2, 0.25) is 0 Å². The maximum absolute atomic E-state index is 12.2. The molecule has 2 aliphatic rings. The van der Waals surface area contributed by atoms with Crippen LogP contribution in [0, 0.1) is 6.92 Å². The summed E-state index contributed by atoms with van der Waals surface area (Å²) in [7, 11) is 0. The van der Waals surface area contributed by atoms with Gasteiger partial charge in [-0.3, -0.25) is 0 Å². The summed E-state index contributed by atoms with van der Waals surface area (Å²) < 4.78 is 0. The molecular weight excluding hydrogens is 272 g/mol. The van der Waals surface area contributed by atoms with E-state index >= 15 is 0 Å². The number of hydrogen-bond acceptors (Lipinski definition) is 1. The summed E-state index contributed by atoms with van der Waals surface area (Å²) in [5.41, 5.74) is 2.85. The molecule has 3 heteroatoms. The summed E-state index contributed by atoms with van der Waals surface area (Å²) in [6.45, 7) is 2.87. The smallest absolute Gasteiger partial charge is 0.315 e. The molecule has 1 aromatic carbocycles. The zero-order chi connectivity index (χ0) is 15.4. The molecular formula is C19H28N2O. The van der Waals surface area contributed by atoms with E-state index in [0.717, 1.165) is 19.4 Å². The first-order chi connectivity index (χ1) is 10.7. The second-order valence-corrected chi connectivity index (χ2v) is 7.16. The quantitative estimate of drug-likeness (QED) is 0.809. The fraction of sp³-hybridized carbons (Fsp3) is 0.632. The van der Waals surface area contributed by atoms with Gasteiger partial charge in [0, 0.05) is 18.0 Å². The van der Waals surface area contributed by atoms with E-state index in [1.54, 1.807) is 0 Å². The Labute approximate surface area is 133 Å². The summed E-state index contributed by atoms with van der Waals surface area (Å²) in [6.07, 6.45) is 9.76. The molecule has 0 unspecified atom stereocenters. The van der Waals surface area contributed by atoms with Crippen LogP contribution in [0.25, 0.3) is 0 Å². The normalized spacial score (nSPS) is 21.0. The van der Waals surface area contributed by atoms with Gasteiger partial charge in [-0.25, -0.2) is 4.79 Å². The average molecular weight is 300 g/mol. The Morgan fingerprint density at radius 3 is 2.32 bits per heavy atom. The Kier molecular flexibility index (Phi) is 4.70. The first kappa shape index (κ1) is 15.4. The van der Waals surface area contributed by atoms with Crippen molar-refractivity contribution in [3.63, 3.8) is 0 Å². The van der Waals surface area contributed by atoms with E-state index in [2.05, 4.69) is 41.8 Å². The number of amides is 2. The minimum absolute atomic E-state index is 0.0188. The molecule has 2 aliphatic carbocycles. The van der Waals surface area contributed by atoms with Gasteiger partial charge in [0.05, 0.1) is 0 Å². The molecule has 2 N–H and O–H groups in total. The van der Waals surface area contributed by atoms with E-state index in [1.165, 1.54) is 49.7 Å². The van der Waals surface area contributed by atoms with E-state index < -0.39 is 0 Å². The van der Waals surface area contributed by atoms with Crippen molar-refractivity contribution >= 4 is 6.03 Å². The molecule has 0 aromatic heterocycles. The predicted octanol–water partition coefficient (Wildman–Crippen LogP) is 4.05. The van der Waals surface area contributed by atoms with Gasteiger partial charge in [0.1, 0.15) is 0 Å². The molecule has 0 atom stereocenters. The number of benzene rings is 1. The maximum Gasteiger partial charge on any atom is 0.315 e. The Bertz CT molecular complexity index is 497. The lowest BCUT2D eigenvalue weighted by Crippen LogP contribution is -2.44. The summed E-state index contributed by atoms with van der Waals surface area (Å²) >= 11 is 0. The molecule has 22 heavy (non-hydrogen) atoms. The number of nitrogens with one attached hydrogen (secondary N) is 2. The van der Waals surface area contributed by atoms with Crippen LogP contribution in [0.3, 0.4) is 0 Å². The Morgan fingerprint density at radius 1 is 1.09 bits per heavy atom. The average Bonchev–Trinajstić information content (AvgIpc) is 3.31. The number of rotatable bonds is 4. The molecule has 1 aromatic rings. The number of aryl methyl sites for hydroxylation is 1. The predicted molar refractivity (Wildman–Crippen MR) is 90.1 cm³/mol. The Morgan fingerprint density at radius 2 is 1.73 bits per heavy atom. The zero-order valence-electron chi connectivity index (χ0n) is 13.7. The molecule has 0 heterocycles. The van der Waals surface area contributed by atoms with Crippen molar-refractivity contribution in [2.75, 3.05) is 6.54 Å². The van der Waals surface area contributed by atoms with E-state index in [1.807, 2.05) is 0 Å². The molecule has 3 nitrogen and oxygen atoms in total. The fourth-order valence-corrected chi connectivity index (χ4v) is 3.54. The standard InChI is InChI=1S/C19H28N2O/c1-15-8-10-16(11-9-15)19(12-13-19)14-20-18(22)21-17-6-4-2-3-5-7-17/h8-11,17H,2-7,12-14H2,1H3,(H2,20,21,22). The number of urea groups is 1. The molecule has 0 radical (unpaired) electrons. The van der Waals surface area contributed by atoms with Gasteiger partial charge >= 0.3 is 6.03 Å². The van der Waals surface area contributed by atoms with Gasteiger partial charge in [0.25, 0.3) is 0 Å². The summed E-state index contributed by atoms with van der Waals surface area (Å²) in [4.78, 5) is 12.2. The molecule has 3 rings (SSSR count). The molecule has 2 saturated carbocycles. The van der Waals surface area contributed by atoms with Crippen LogP contribution in [0.2, 0.25) is 0 Å². The van der Waals surface area contributed by atoms with Crippen LogP contribution in [0.15, 0.2) is 24.3 Å². The highest BCUT2D eigenvalue weighted by Gasteiger charge is 2.44. The van der Waals surface area contributed by atoms with Gasteiger partial charge in [-0.1, -0.05) is 55.5 Å². The van der Waals surface area contributed by atoms with Crippen molar-refractivity contribution in [3.05, 3.63) is 35.4 Å². The van der Waals surface area contributed by atoms with Crippen LogP contribution >= 0.6 is 0 Å². The van der Waals surface area contributed by atoms with Gasteiger partial charge < -0.3 is 10.6 Å². The van der Waals surface area contributed by atoms with Crippen LogP contribution in [0.1, 0.15) is 62.5 Å². The molecule has 0 saturated heterocycles. The molecule has 0 spiro atoms. The second-order valence-electron chi connectivity index (χ2n) is 7.16. The summed E-state index contributed by atoms with van der Waals surface area (Å²) in [5, 5.41) is 6.29. The van der Waals surface area contributed by atoms with E-state index in [9.17, 15) is 4.79 Å². The van der Waals surface area contributed by atoms with Crippen molar-refractivity contribution in [2.24, 2.45) is 0 Å². The van der Waals surface area contributed by atoms with Crippen LogP contribution in [-0.4, -0.2) is 18.6 Å². The minimum Gasteiger partial charge on any atom is -0.337 e. The first-order valence-corrected chi connectivity index (χ1v) is 8.79. The second kappa shape index (κ2) is 6.72. The molecule has 0 aliphatic heterocycles.